The first-order chi connectivity index (χ1) is 8.31. The van der Waals surface area contributed by atoms with E-state index in [9.17, 15) is 4.79 Å². The third-order valence-electron chi connectivity index (χ3n) is 4.36. The molecule has 1 aliphatic carbocycles. The van der Waals surface area contributed by atoms with Crippen molar-refractivity contribution in [2.75, 3.05) is 6.54 Å². The average Bonchev–Trinajstić information content (AvgIpc) is 2.90. The molecule has 2 rings (SSSR count). The largest absolute Gasteiger partial charge is 0.352 e. The minimum Gasteiger partial charge on any atom is -0.352 e. The van der Waals surface area contributed by atoms with Crippen molar-refractivity contribution in [1.29, 1.82) is 0 Å². The molecule has 1 heterocycles. The van der Waals surface area contributed by atoms with Crippen LogP contribution in [0.2, 0.25) is 0 Å². The maximum Gasteiger partial charge on any atom is 0.237 e. The Morgan fingerprint density at radius 1 is 1.24 bits per heavy atom. The molecule has 0 bridgehead atoms. The third kappa shape index (κ3) is 3.44. The Bertz CT molecular complexity index is 243. The van der Waals surface area contributed by atoms with Crippen molar-refractivity contribution in [3.8, 4) is 0 Å². The number of amides is 1. The number of hydrogen-bond donors (Lipinski definition) is 2. The summed E-state index contributed by atoms with van der Waals surface area (Å²) in [6.45, 7) is 3.19. The van der Waals surface area contributed by atoms with Gasteiger partial charge in [0.15, 0.2) is 0 Å². The average molecular weight is 238 g/mol. The van der Waals surface area contributed by atoms with Crippen LogP contribution in [-0.4, -0.2) is 24.5 Å². The SMILES string of the molecule is CCC(NC(=O)[C@H]1CCCN1)C1CCCCC1. The molecule has 1 aliphatic heterocycles. The van der Waals surface area contributed by atoms with Gasteiger partial charge in [-0.05, 0) is 44.6 Å². The van der Waals surface area contributed by atoms with E-state index in [2.05, 4.69) is 17.6 Å². The molecule has 3 nitrogen and oxygen atoms in total. The molecule has 1 amide bonds. The van der Waals surface area contributed by atoms with E-state index < -0.39 is 0 Å². The molecule has 17 heavy (non-hydrogen) atoms. The summed E-state index contributed by atoms with van der Waals surface area (Å²) in [6, 6.07) is 0.484. The zero-order valence-electron chi connectivity index (χ0n) is 11.0. The van der Waals surface area contributed by atoms with Crippen LogP contribution < -0.4 is 10.6 Å². The predicted molar refractivity (Wildman–Crippen MR) is 69.8 cm³/mol. The lowest BCUT2D eigenvalue weighted by molar-refractivity contribution is -0.124. The highest BCUT2D eigenvalue weighted by atomic mass is 16.2. The van der Waals surface area contributed by atoms with E-state index in [1.54, 1.807) is 0 Å². The van der Waals surface area contributed by atoms with Crippen LogP contribution in [0.5, 0.6) is 0 Å². The highest BCUT2D eigenvalue weighted by Gasteiger charge is 2.27. The molecule has 0 aromatic carbocycles. The Morgan fingerprint density at radius 2 is 2.00 bits per heavy atom. The van der Waals surface area contributed by atoms with E-state index in [1.165, 1.54) is 32.1 Å². The van der Waals surface area contributed by atoms with Crippen molar-refractivity contribution in [3.05, 3.63) is 0 Å². The van der Waals surface area contributed by atoms with Crippen LogP contribution in [0.25, 0.3) is 0 Å². The van der Waals surface area contributed by atoms with Gasteiger partial charge < -0.3 is 10.6 Å². The molecule has 1 unspecified atom stereocenters. The van der Waals surface area contributed by atoms with E-state index in [-0.39, 0.29) is 11.9 Å². The zero-order chi connectivity index (χ0) is 12.1. The third-order valence-corrected chi connectivity index (χ3v) is 4.36. The molecule has 2 aliphatic rings. The van der Waals surface area contributed by atoms with E-state index in [0.29, 0.717) is 6.04 Å². The summed E-state index contributed by atoms with van der Waals surface area (Å²) in [6.07, 6.45) is 9.89. The summed E-state index contributed by atoms with van der Waals surface area (Å²) in [5.74, 6) is 0.957. The molecule has 0 aromatic heterocycles. The van der Waals surface area contributed by atoms with E-state index in [0.717, 1.165) is 31.7 Å². The monoisotopic (exact) mass is 238 g/mol. The Hall–Kier alpha value is -0.570. The van der Waals surface area contributed by atoms with Gasteiger partial charge in [-0.25, -0.2) is 0 Å². The molecule has 2 N–H and O–H groups in total. The van der Waals surface area contributed by atoms with Gasteiger partial charge in [-0.1, -0.05) is 26.2 Å². The van der Waals surface area contributed by atoms with Crippen LogP contribution in [0.15, 0.2) is 0 Å². The Morgan fingerprint density at radius 3 is 2.59 bits per heavy atom. The normalized spacial score (nSPS) is 27.9. The van der Waals surface area contributed by atoms with Gasteiger partial charge >= 0.3 is 0 Å². The lowest BCUT2D eigenvalue weighted by Gasteiger charge is -2.31. The number of rotatable bonds is 4. The van der Waals surface area contributed by atoms with Crippen LogP contribution in [0.3, 0.4) is 0 Å². The summed E-state index contributed by atoms with van der Waals surface area (Å²) in [5, 5.41) is 6.55. The van der Waals surface area contributed by atoms with Crippen LogP contribution in [0.4, 0.5) is 0 Å². The molecule has 2 fully saturated rings. The second-order valence-corrected chi connectivity index (χ2v) is 5.57. The first kappa shape index (κ1) is 12.9. The van der Waals surface area contributed by atoms with E-state index in [1.807, 2.05) is 0 Å². The van der Waals surface area contributed by atoms with Gasteiger partial charge in [0, 0.05) is 6.04 Å². The fourth-order valence-electron chi connectivity index (χ4n) is 3.28. The topological polar surface area (TPSA) is 41.1 Å². The number of nitrogens with one attached hydrogen (secondary N) is 2. The fraction of sp³-hybridized carbons (Fsp3) is 0.929. The summed E-state index contributed by atoms with van der Waals surface area (Å²) in [5.41, 5.74) is 0. The van der Waals surface area contributed by atoms with E-state index in [4.69, 9.17) is 0 Å². The van der Waals surface area contributed by atoms with Crippen molar-refractivity contribution in [2.45, 2.75) is 70.4 Å². The van der Waals surface area contributed by atoms with Crippen LogP contribution in [-0.2, 0) is 4.79 Å². The summed E-state index contributed by atoms with van der Waals surface area (Å²) in [4.78, 5) is 12.1. The van der Waals surface area contributed by atoms with Gasteiger partial charge in [0.2, 0.25) is 5.91 Å². The highest BCUT2D eigenvalue weighted by molar-refractivity contribution is 5.82. The Kier molecular flexibility index (Phi) is 4.84. The fourth-order valence-corrected chi connectivity index (χ4v) is 3.28. The first-order valence-corrected chi connectivity index (χ1v) is 7.35. The molecule has 1 saturated carbocycles. The molecule has 2 atom stereocenters. The lowest BCUT2D eigenvalue weighted by atomic mass is 9.83. The molecule has 0 aromatic rings. The van der Waals surface area contributed by atoms with Gasteiger partial charge in [-0.2, -0.15) is 0 Å². The van der Waals surface area contributed by atoms with Gasteiger partial charge in [0.05, 0.1) is 6.04 Å². The van der Waals surface area contributed by atoms with Gasteiger partial charge in [-0.3, -0.25) is 4.79 Å². The maximum absolute atomic E-state index is 12.1. The standard InChI is InChI=1S/C14H26N2O/c1-2-12(11-7-4-3-5-8-11)16-14(17)13-9-6-10-15-13/h11-13,15H,2-10H2,1H3,(H,16,17)/t12?,13-/m1/s1. The van der Waals surface area contributed by atoms with Crippen LogP contribution >= 0.6 is 0 Å². The smallest absolute Gasteiger partial charge is 0.237 e. The molecule has 98 valence electrons. The van der Waals surface area contributed by atoms with Gasteiger partial charge in [-0.15, -0.1) is 0 Å². The minimum absolute atomic E-state index is 0.0765. The van der Waals surface area contributed by atoms with Crippen molar-refractivity contribution in [3.63, 3.8) is 0 Å². The second-order valence-electron chi connectivity index (χ2n) is 5.57. The van der Waals surface area contributed by atoms with E-state index >= 15 is 0 Å². The second kappa shape index (κ2) is 6.39. The van der Waals surface area contributed by atoms with Crippen LogP contribution in [0.1, 0.15) is 58.3 Å². The number of carbonyl (C=O) groups is 1. The zero-order valence-corrected chi connectivity index (χ0v) is 11.0. The van der Waals surface area contributed by atoms with Crippen molar-refractivity contribution >= 4 is 5.91 Å². The lowest BCUT2D eigenvalue weighted by Crippen LogP contribution is -2.48. The molecule has 0 radical (unpaired) electrons. The summed E-state index contributed by atoms with van der Waals surface area (Å²) in [7, 11) is 0. The minimum atomic E-state index is 0.0765. The van der Waals surface area contributed by atoms with Crippen molar-refractivity contribution in [2.24, 2.45) is 5.92 Å². The quantitative estimate of drug-likeness (QED) is 0.788. The molecule has 0 spiro atoms. The Balaban J connectivity index is 1.82. The first-order valence-electron chi connectivity index (χ1n) is 7.35. The van der Waals surface area contributed by atoms with Gasteiger partial charge in [0.1, 0.15) is 0 Å². The molecular formula is C14H26N2O. The highest BCUT2D eigenvalue weighted by Crippen LogP contribution is 2.27. The maximum atomic E-state index is 12.1. The predicted octanol–water partition coefficient (Wildman–Crippen LogP) is 2.21. The molecular weight excluding hydrogens is 212 g/mol. The summed E-state index contributed by atoms with van der Waals surface area (Å²) < 4.78 is 0. The van der Waals surface area contributed by atoms with Gasteiger partial charge in [0.25, 0.3) is 0 Å². The summed E-state index contributed by atoms with van der Waals surface area (Å²) >= 11 is 0. The van der Waals surface area contributed by atoms with Crippen LogP contribution in [0, 0.1) is 5.92 Å². The van der Waals surface area contributed by atoms with Crippen molar-refractivity contribution < 1.29 is 4.79 Å². The molecule has 1 saturated heterocycles. The van der Waals surface area contributed by atoms with Crippen molar-refractivity contribution in [1.82, 2.24) is 10.6 Å². The number of carbonyl (C=O) groups excluding carboxylic acids is 1. The number of hydrogen-bond acceptors (Lipinski definition) is 2. The molecule has 3 heteroatoms. The Labute approximate surface area is 105 Å².